The van der Waals surface area contributed by atoms with Crippen LogP contribution in [0.15, 0.2) is 29.3 Å². The zero-order chi connectivity index (χ0) is 18.6. The fourth-order valence-corrected chi connectivity index (χ4v) is 3.24. The molecule has 1 aliphatic heterocycles. The summed E-state index contributed by atoms with van der Waals surface area (Å²) < 4.78 is 16.4. The Kier molecular flexibility index (Phi) is 9.28. The summed E-state index contributed by atoms with van der Waals surface area (Å²) in [5.41, 5.74) is 1.21. The molecule has 0 bridgehead atoms. The van der Waals surface area contributed by atoms with Crippen molar-refractivity contribution in [1.82, 2.24) is 10.2 Å². The van der Waals surface area contributed by atoms with Gasteiger partial charge in [0, 0.05) is 47.0 Å². The molecule has 1 N–H and O–H groups in total. The second-order valence-electron chi connectivity index (χ2n) is 6.44. The summed E-state index contributed by atoms with van der Waals surface area (Å²) >= 11 is 0. The maximum atomic E-state index is 5.93. The smallest absolute Gasteiger partial charge is 0.193 e. The summed E-state index contributed by atoms with van der Waals surface area (Å²) in [6.45, 7) is 4.33. The van der Waals surface area contributed by atoms with Crippen LogP contribution in [-0.2, 0) is 15.9 Å². The summed E-state index contributed by atoms with van der Waals surface area (Å²) in [6.07, 6.45) is 4.31. The van der Waals surface area contributed by atoms with E-state index in [1.54, 1.807) is 14.2 Å². The minimum Gasteiger partial charge on any atom is -0.496 e. The van der Waals surface area contributed by atoms with Crippen molar-refractivity contribution in [3.63, 3.8) is 0 Å². The molecule has 0 atom stereocenters. The van der Waals surface area contributed by atoms with E-state index in [-0.39, 0.29) is 0 Å². The van der Waals surface area contributed by atoms with Crippen LogP contribution in [-0.4, -0.2) is 71.1 Å². The molecule has 6 heteroatoms. The van der Waals surface area contributed by atoms with Crippen molar-refractivity contribution in [1.29, 1.82) is 0 Å². The van der Waals surface area contributed by atoms with Crippen molar-refractivity contribution in [2.45, 2.75) is 31.8 Å². The zero-order valence-corrected chi connectivity index (χ0v) is 16.4. The second-order valence-corrected chi connectivity index (χ2v) is 6.44. The van der Waals surface area contributed by atoms with Crippen LogP contribution < -0.4 is 10.1 Å². The minimum absolute atomic E-state index is 0.356. The fraction of sp³-hybridized carbons (Fsp3) is 0.650. The number of aliphatic imine (C=N–C) groups is 1. The van der Waals surface area contributed by atoms with Gasteiger partial charge in [0.25, 0.3) is 0 Å². The monoisotopic (exact) mass is 363 g/mol. The highest BCUT2D eigenvalue weighted by molar-refractivity contribution is 5.80. The fourth-order valence-electron chi connectivity index (χ4n) is 3.24. The molecular formula is C20H33N3O3. The highest BCUT2D eigenvalue weighted by atomic mass is 16.5. The Labute approximate surface area is 157 Å². The van der Waals surface area contributed by atoms with E-state index >= 15 is 0 Å². The van der Waals surface area contributed by atoms with Crippen LogP contribution in [0.2, 0.25) is 0 Å². The number of piperidine rings is 1. The number of likely N-dealkylation sites (tertiary alicyclic amines) is 1. The summed E-state index contributed by atoms with van der Waals surface area (Å²) in [5, 5.41) is 3.48. The van der Waals surface area contributed by atoms with Gasteiger partial charge in [0.15, 0.2) is 5.96 Å². The lowest BCUT2D eigenvalue weighted by Gasteiger charge is -2.34. The first-order valence-corrected chi connectivity index (χ1v) is 9.46. The largest absolute Gasteiger partial charge is 0.496 e. The Morgan fingerprint density at radius 2 is 1.96 bits per heavy atom. The van der Waals surface area contributed by atoms with Crippen molar-refractivity contribution in [2.75, 3.05) is 54.1 Å². The first-order valence-electron chi connectivity index (χ1n) is 9.46. The number of methoxy groups -OCH3 is 2. The van der Waals surface area contributed by atoms with Crippen LogP contribution >= 0.6 is 0 Å². The lowest BCUT2D eigenvalue weighted by atomic mass is 10.1. The molecule has 0 radical (unpaired) electrons. The molecule has 1 aromatic carbocycles. The van der Waals surface area contributed by atoms with Gasteiger partial charge in [-0.3, -0.25) is 4.99 Å². The van der Waals surface area contributed by atoms with E-state index in [1.165, 1.54) is 5.56 Å². The number of benzene rings is 1. The number of nitrogens with zero attached hydrogens (tertiary/aromatic N) is 2. The lowest BCUT2D eigenvalue weighted by Crippen LogP contribution is -2.47. The van der Waals surface area contributed by atoms with Gasteiger partial charge in [-0.1, -0.05) is 18.2 Å². The first-order chi connectivity index (χ1) is 12.8. The number of guanidine groups is 1. The quantitative estimate of drug-likeness (QED) is 0.415. The van der Waals surface area contributed by atoms with Crippen molar-refractivity contribution in [2.24, 2.45) is 4.99 Å². The standard InChI is InChI=1S/C20H33N3O3/c1-21-20(22-12-9-17-7-4-5-8-19(17)25-3)23-13-10-18(11-14-23)26-16-6-15-24-2/h4-5,7-8,18H,6,9-16H2,1-3H3,(H,21,22). The van der Waals surface area contributed by atoms with Crippen LogP contribution in [0.4, 0.5) is 0 Å². The van der Waals surface area contributed by atoms with Gasteiger partial charge in [-0.05, 0) is 37.3 Å². The van der Waals surface area contributed by atoms with Gasteiger partial charge < -0.3 is 24.4 Å². The van der Waals surface area contributed by atoms with Gasteiger partial charge in [0.05, 0.1) is 13.2 Å². The van der Waals surface area contributed by atoms with Crippen molar-refractivity contribution >= 4 is 5.96 Å². The number of ether oxygens (including phenoxy) is 3. The third-order valence-electron chi connectivity index (χ3n) is 4.67. The Balaban J connectivity index is 1.71. The summed E-state index contributed by atoms with van der Waals surface area (Å²) in [5.74, 6) is 1.91. The molecule has 0 aromatic heterocycles. The van der Waals surface area contributed by atoms with E-state index in [0.29, 0.717) is 6.10 Å². The maximum Gasteiger partial charge on any atom is 0.193 e. The molecule has 0 amide bonds. The molecule has 6 nitrogen and oxygen atoms in total. The van der Waals surface area contributed by atoms with E-state index in [9.17, 15) is 0 Å². The topological polar surface area (TPSA) is 55.3 Å². The molecule has 26 heavy (non-hydrogen) atoms. The number of para-hydroxylation sites is 1. The average molecular weight is 364 g/mol. The van der Waals surface area contributed by atoms with Crippen molar-refractivity contribution in [3.05, 3.63) is 29.8 Å². The summed E-state index contributed by atoms with van der Waals surface area (Å²) in [4.78, 5) is 6.76. The third kappa shape index (κ3) is 6.50. The minimum atomic E-state index is 0.356. The van der Waals surface area contributed by atoms with E-state index in [0.717, 1.165) is 70.2 Å². The number of nitrogens with one attached hydrogen (secondary N) is 1. The van der Waals surface area contributed by atoms with E-state index in [1.807, 2.05) is 25.2 Å². The molecule has 1 heterocycles. The lowest BCUT2D eigenvalue weighted by molar-refractivity contribution is 0.00992. The molecular weight excluding hydrogens is 330 g/mol. The molecule has 2 rings (SSSR count). The van der Waals surface area contributed by atoms with E-state index in [4.69, 9.17) is 14.2 Å². The Bertz CT molecular complexity index is 543. The van der Waals surface area contributed by atoms with Gasteiger partial charge in [0.2, 0.25) is 0 Å². The average Bonchev–Trinajstić information content (AvgIpc) is 2.69. The van der Waals surface area contributed by atoms with Crippen LogP contribution in [0.5, 0.6) is 5.75 Å². The Morgan fingerprint density at radius 1 is 1.19 bits per heavy atom. The first kappa shape index (κ1) is 20.5. The number of rotatable bonds is 9. The predicted octanol–water partition coefficient (Wildman–Crippen LogP) is 2.33. The Hall–Kier alpha value is -1.79. The van der Waals surface area contributed by atoms with Gasteiger partial charge in [-0.15, -0.1) is 0 Å². The predicted molar refractivity (Wildman–Crippen MR) is 105 cm³/mol. The Morgan fingerprint density at radius 3 is 2.65 bits per heavy atom. The molecule has 1 fully saturated rings. The van der Waals surface area contributed by atoms with Gasteiger partial charge in [0.1, 0.15) is 5.75 Å². The molecule has 0 unspecified atom stereocenters. The third-order valence-corrected chi connectivity index (χ3v) is 4.67. The molecule has 1 saturated heterocycles. The maximum absolute atomic E-state index is 5.93. The van der Waals surface area contributed by atoms with Crippen LogP contribution in [0, 0.1) is 0 Å². The van der Waals surface area contributed by atoms with Crippen LogP contribution in [0.25, 0.3) is 0 Å². The van der Waals surface area contributed by atoms with Crippen LogP contribution in [0.3, 0.4) is 0 Å². The van der Waals surface area contributed by atoms with Gasteiger partial charge >= 0.3 is 0 Å². The van der Waals surface area contributed by atoms with Crippen LogP contribution in [0.1, 0.15) is 24.8 Å². The molecule has 0 saturated carbocycles. The molecule has 0 spiro atoms. The molecule has 0 aliphatic carbocycles. The SMILES string of the molecule is CN=C(NCCc1ccccc1OC)N1CCC(OCCCOC)CC1. The molecule has 146 valence electrons. The van der Waals surface area contributed by atoms with Gasteiger partial charge in [-0.25, -0.2) is 0 Å². The summed E-state index contributed by atoms with van der Waals surface area (Å²) in [7, 11) is 5.29. The van der Waals surface area contributed by atoms with Gasteiger partial charge in [-0.2, -0.15) is 0 Å². The normalized spacial score (nSPS) is 16.0. The number of hydrogen-bond acceptors (Lipinski definition) is 4. The highest BCUT2D eigenvalue weighted by Gasteiger charge is 2.21. The second kappa shape index (κ2) is 11.8. The molecule has 1 aliphatic rings. The highest BCUT2D eigenvalue weighted by Crippen LogP contribution is 2.17. The summed E-state index contributed by atoms with van der Waals surface area (Å²) in [6, 6.07) is 8.15. The van der Waals surface area contributed by atoms with Crippen molar-refractivity contribution in [3.8, 4) is 5.75 Å². The zero-order valence-electron chi connectivity index (χ0n) is 16.4. The van der Waals surface area contributed by atoms with E-state index < -0.39 is 0 Å². The number of hydrogen-bond donors (Lipinski definition) is 1. The van der Waals surface area contributed by atoms with Crippen molar-refractivity contribution < 1.29 is 14.2 Å². The van der Waals surface area contributed by atoms with E-state index in [2.05, 4.69) is 21.3 Å². The molecule has 1 aromatic rings.